The summed E-state index contributed by atoms with van der Waals surface area (Å²) in [6.45, 7) is 0. The van der Waals surface area contributed by atoms with Crippen molar-refractivity contribution in [3.05, 3.63) is 51.9 Å². The summed E-state index contributed by atoms with van der Waals surface area (Å²) in [6, 6.07) is 6.58. The fraction of sp³-hybridized carbons (Fsp3) is 0. The molecule has 1 aromatic carbocycles. The van der Waals surface area contributed by atoms with Crippen molar-refractivity contribution >= 4 is 23.0 Å². The Kier molecular flexibility index (Phi) is 3.10. The molecule has 9 heteroatoms. The Balaban J connectivity index is 2.47. The standard InChI is InChI=1S/C14H9N3O6/c18-8-5-9(19)15-12-10(8)11(14(22)23)16-17(12)7-4-2-1-3-6(7)13(20)21/h1-5H,(H,20,21)(H,22,23)(H2,15,18,19). The lowest BCUT2D eigenvalue weighted by Crippen LogP contribution is -2.10. The number of nitrogens with zero attached hydrogens (tertiary/aromatic N) is 2. The molecule has 2 heterocycles. The predicted molar refractivity (Wildman–Crippen MR) is 77.3 cm³/mol. The second kappa shape index (κ2) is 4.98. The number of carboxylic acid groups (broad SMARTS) is 2. The van der Waals surface area contributed by atoms with Gasteiger partial charge in [-0.05, 0) is 12.1 Å². The topological polar surface area (TPSA) is 146 Å². The van der Waals surface area contributed by atoms with E-state index >= 15 is 0 Å². The Morgan fingerprint density at radius 2 is 1.83 bits per heavy atom. The van der Waals surface area contributed by atoms with Gasteiger partial charge in [0.05, 0.1) is 16.6 Å². The highest BCUT2D eigenvalue weighted by atomic mass is 16.4. The van der Waals surface area contributed by atoms with Gasteiger partial charge in [-0.1, -0.05) is 12.1 Å². The van der Waals surface area contributed by atoms with Crippen LogP contribution in [0.15, 0.2) is 35.1 Å². The first-order chi connectivity index (χ1) is 10.9. The smallest absolute Gasteiger partial charge is 0.357 e. The molecule has 9 nitrogen and oxygen atoms in total. The number of fused-ring (bicyclic) bond motifs is 1. The van der Waals surface area contributed by atoms with E-state index in [2.05, 4.69) is 10.1 Å². The molecule has 3 aromatic rings. The summed E-state index contributed by atoms with van der Waals surface area (Å²) in [4.78, 5) is 36.6. The third kappa shape index (κ3) is 2.20. The van der Waals surface area contributed by atoms with E-state index in [4.69, 9.17) is 0 Å². The van der Waals surface area contributed by atoms with E-state index in [1.165, 1.54) is 24.3 Å². The number of hydrogen-bond donors (Lipinski definition) is 4. The fourth-order valence-corrected chi connectivity index (χ4v) is 2.29. The minimum atomic E-state index is -1.43. The molecule has 0 fully saturated rings. The maximum Gasteiger partial charge on any atom is 0.357 e. The summed E-state index contributed by atoms with van der Waals surface area (Å²) in [7, 11) is 0. The summed E-state index contributed by atoms with van der Waals surface area (Å²) < 4.78 is 0.976. The Morgan fingerprint density at radius 1 is 1.13 bits per heavy atom. The number of carboxylic acids is 2. The number of benzene rings is 1. The first-order valence-electron chi connectivity index (χ1n) is 6.31. The van der Waals surface area contributed by atoms with Crippen molar-refractivity contribution in [1.82, 2.24) is 14.8 Å². The van der Waals surface area contributed by atoms with Crippen molar-refractivity contribution in [2.24, 2.45) is 0 Å². The summed E-state index contributed by atoms with van der Waals surface area (Å²) in [6.07, 6.45) is 0. The van der Waals surface area contributed by atoms with Gasteiger partial charge in [-0.3, -0.25) is 4.79 Å². The molecule has 0 atom stereocenters. The molecule has 0 aliphatic carbocycles. The second-order valence-corrected chi connectivity index (χ2v) is 4.63. The lowest BCUT2D eigenvalue weighted by molar-refractivity contribution is 0.0685. The summed E-state index contributed by atoms with van der Waals surface area (Å²) in [5.74, 6) is -3.23. The Labute approximate surface area is 127 Å². The molecular weight excluding hydrogens is 306 g/mol. The quantitative estimate of drug-likeness (QED) is 0.559. The summed E-state index contributed by atoms with van der Waals surface area (Å²) >= 11 is 0. The van der Waals surface area contributed by atoms with Gasteiger partial charge in [-0.2, -0.15) is 5.10 Å². The Morgan fingerprint density at radius 3 is 2.48 bits per heavy atom. The summed E-state index contributed by atoms with van der Waals surface area (Å²) in [5, 5.41) is 32.0. The van der Waals surface area contributed by atoms with Crippen LogP contribution < -0.4 is 5.56 Å². The zero-order chi connectivity index (χ0) is 16.7. The highest BCUT2D eigenvalue weighted by molar-refractivity contribution is 6.03. The zero-order valence-corrected chi connectivity index (χ0v) is 11.3. The molecular formula is C14H9N3O6. The van der Waals surface area contributed by atoms with Gasteiger partial charge in [0, 0.05) is 6.07 Å². The van der Waals surface area contributed by atoms with Gasteiger partial charge in [-0.25, -0.2) is 14.3 Å². The monoisotopic (exact) mass is 315 g/mol. The molecule has 0 saturated carbocycles. The maximum absolute atomic E-state index is 11.6. The van der Waals surface area contributed by atoms with Crippen molar-refractivity contribution in [2.45, 2.75) is 0 Å². The van der Waals surface area contributed by atoms with E-state index in [-0.39, 0.29) is 22.3 Å². The zero-order valence-electron chi connectivity index (χ0n) is 11.3. The van der Waals surface area contributed by atoms with E-state index in [1.807, 2.05) is 0 Å². The highest BCUT2D eigenvalue weighted by Crippen LogP contribution is 2.28. The van der Waals surface area contributed by atoms with Crippen molar-refractivity contribution in [3.63, 3.8) is 0 Å². The molecule has 0 radical (unpaired) electrons. The number of aromatic nitrogens is 3. The van der Waals surface area contributed by atoms with Crippen LogP contribution in [0.1, 0.15) is 20.8 Å². The molecule has 4 N–H and O–H groups in total. The van der Waals surface area contributed by atoms with E-state index in [9.17, 15) is 29.7 Å². The van der Waals surface area contributed by atoms with Gasteiger partial charge in [0.2, 0.25) is 0 Å². The largest absolute Gasteiger partial charge is 0.507 e. The van der Waals surface area contributed by atoms with Crippen LogP contribution in [0.25, 0.3) is 16.7 Å². The van der Waals surface area contributed by atoms with Gasteiger partial charge in [0.25, 0.3) is 5.56 Å². The average Bonchev–Trinajstić information content (AvgIpc) is 2.87. The number of nitrogens with one attached hydrogen (secondary N) is 1. The van der Waals surface area contributed by atoms with Crippen LogP contribution in [-0.4, -0.2) is 42.0 Å². The van der Waals surface area contributed by atoms with Gasteiger partial charge in [-0.15, -0.1) is 0 Å². The third-order valence-corrected chi connectivity index (χ3v) is 3.22. The lowest BCUT2D eigenvalue weighted by Gasteiger charge is -2.06. The van der Waals surface area contributed by atoms with Gasteiger partial charge < -0.3 is 20.3 Å². The molecule has 0 aliphatic rings. The SMILES string of the molecule is O=C(O)c1ccccc1-n1nc(C(=O)O)c2c(O)cc(=O)[nH]c21. The molecule has 0 saturated heterocycles. The van der Waals surface area contributed by atoms with Crippen LogP contribution in [0.4, 0.5) is 0 Å². The summed E-state index contributed by atoms with van der Waals surface area (Å²) in [5.41, 5.74) is -1.38. The predicted octanol–water partition coefficient (Wildman–Crippen LogP) is 0.816. The molecule has 0 unspecified atom stereocenters. The average molecular weight is 315 g/mol. The number of aromatic carboxylic acids is 2. The normalized spacial score (nSPS) is 10.8. The van der Waals surface area contributed by atoms with Crippen LogP contribution in [0.5, 0.6) is 5.75 Å². The van der Waals surface area contributed by atoms with Gasteiger partial charge >= 0.3 is 11.9 Å². The highest BCUT2D eigenvalue weighted by Gasteiger charge is 2.23. The molecule has 0 amide bonds. The van der Waals surface area contributed by atoms with Crippen molar-refractivity contribution < 1.29 is 24.9 Å². The van der Waals surface area contributed by atoms with Crippen molar-refractivity contribution in [1.29, 1.82) is 0 Å². The van der Waals surface area contributed by atoms with Crippen LogP contribution in [0.3, 0.4) is 0 Å². The van der Waals surface area contributed by atoms with Crippen molar-refractivity contribution in [2.75, 3.05) is 0 Å². The lowest BCUT2D eigenvalue weighted by atomic mass is 10.2. The van der Waals surface area contributed by atoms with Crippen LogP contribution >= 0.6 is 0 Å². The van der Waals surface area contributed by atoms with E-state index in [0.717, 1.165) is 10.7 Å². The van der Waals surface area contributed by atoms with Crippen molar-refractivity contribution in [3.8, 4) is 11.4 Å². The van der Waals surface area contributed by atoms with E-state index < -0.39 is 28.9 Å². The number of H-pyrrole nitrogens is 1. The number of pyridine rings is 1. The number of rotatable bonds is 3. The first-order valence-corrected chi connectivity index (χ1v) is 6.31. The number of aromatic amines is 1. The molecule has 116 valence electrons. The maximum atomic E-state index is 11.6. The van der Waals surface area contributed by atoms with Gasteiger partial charge in [0.15, 0.2) is 5.69 Å². The second-order valence-electron chi connectivity index (χ2n) is 4.63. The van der Waals surface area contributed by atoms with Crippen LogP contribution in [0.2, 0.25) is 0 Å². The molecule has 0 bridgehead atoms. The first kappa shape index (κ1) is 14.3. The molecule has 23 heavy (non-hydrogen) atoms. The third-order valence-electron chi connectivity index (χ3n) is 3.22. The van der Waals surface area contributed by atoms with Crippen LogP contribution in [-0.2, 0) is 0 Å². The number of para-hydroxylation sites is 1. The number of hydrogen-bond acceptors (Lipinski definition) is 5. The van der Waals surface area contributed by atoms with E-state index in [1.54, 1.807) is 0 Å². The Bertz CT molecular complexity index is 1020. The molecule has 3 rings (SSSR count). The number of aromatic hydroxyl groups is 1. The van der Waals surface area contributed by atoms with Crippen LogP contribution in [0, 0.1) is 0 Å². The minimum Gasteiger partial charge on any atom is -0.507 e. The Hall–Kier alpha value is -3.62. The molecule has 2 aromatic heterocycles. The minimum absolute atomic E-state index is 0.0544. The molecule has 0 spiro atoms. The molecule has 0 aliphatic heterocycles. The van der Waals surface area contributed by atoms with Gasteiger partial charge in [0.1, 0.15) is 11.4 Å². The number of carbonyl (C=O) groups is 2. The van der Waals surface area contributed by atoms with E-state index in [0.29, 0.717) is 0 Å². The fourth-order valence-electron chi connectivity index (χ4n) is 2.29.